The first kappa shape index (κ1) is 13.1. The van der Waals surface area contributed by atoms with Gasteiger partial charge in [0.1, 0.15) is 0 Å². The topological polar surface area (TPSA) is 46.3 Å². The van der Waals surface area contributed by atoms with Gasteiger partial charge in [0.05, 0.1) is 5.92 Å². The van der Waals surface area contributed by atoms with E-state index in [1.165, 1.54) is 6.42 Å². The molecule has 0 aliphatic heterocycles. The third-order valence-electron chi connectivity index (χ3n) is 3.86. The molecule has 1 fully saturated rings. The van der Waals surface area contributed by atoms with Crippen LogP contribution in [0.4, 0.5) is 5.69 Å². The monoisotopic (exact) mass is 246 g/mol. The maximum atomic E-state index is 12.5. The number of benzene rings is 1. The second-order valence-electron chi connectivity index (χ2n) is 5.14. The normalized spacial score (nSPS) is 24.3. The van der Waals surface area contributed by atoms with Gasteiger partial charge >= 0.3 is 0 Å². The van der Waals surface area contributed by atoms with E-state index in [9.17, 15) is 4.79 Å². The van der Waals surface area contributed by atoms with E-state index in [4.69, 9.17) is 5.73 Å². The van der Waals surface area contributed by atoms with E-state index in [1.54, 1.807) is 4.90 Å². The third kappa shape index (κ3) is 2.91. The summed E-state index contributed by atoms with van der Waals surface area (Å²) in [5, 5.41) is 0. The third-order valence-corrected chi connectivity index (χ3v) is 3.86. The van der Waals surface area contributed by atoms with Crippen molar-refractivity contribution in [3.8, 4) is 0 Å². The van der Waals surface area contributed by atoms with E-state index in [2.05, 4.69) is 0 Å². The second kappa shape index (κ2) is 6.01. The first-order valence-electron chi connectivity index (χ1n) is 6.78. The van der Waals surface area contributed by atoms with Crippen molar-refractivity contribution in [1.82, 2.24) is 0 Å². The molecule has 98 valence electrons. The van der Waals surface area contributed by atoms with Gasteiger partial charge in [-0.25, -0.2) is 0 Å². The zero-order valence-corrected chi connectivity index (χ0v) is 11.0. The van der Waals surface area contributed by atoms with Gasteiger partial charge in [-0.1, -0.05) is 37.5 Å². The minimum Gasteiger partial charge on any atom is -0.327 e. The summed E-state index contributed by atoms with van der Waals surface area (Å²) >= 11 is 0. The molecule has 0 saturated heterocycles. The number of hydrogen-bond donors (Lipinski definition) is 1. The fraction of sp³-hybridized carbons (Fsp3) is 0.533. The van der Waals surface area contributed by atoms with Gasteiger partial charge in [-0.3, -0.25) is 4.79 Å². The molecular weight excluding hydrogens is 224 g/mol. The van der Waals surface area contributed by atoms with Crippen LogP contribution in [0.5, 0.6) is 0 Å². The summed E-state index contributed by atoms with van der Waals surface area (Å²) in [4.78, 5) is 14.3. The Bertz CT molecular complexity index is 391. The van der Waals surface area contributed by atoms with Crippen LogP contribution in [-0.4, -0.2) is 19.0 Å². The Labute approximate surface area is 109 Å². The smallest absolute Gasteiger partial charge is 0.231 e. The van der Waals surface area contributed by atoms with Crippen molar-refractivity contribution in [3.63, 3.8) is 0 Å². The lowest BCUT2D eigenvalue weighted by Crippen LogP contribution is -2.42. The molecule has 1 amide bonds. The Balaban J connectivity index is 2.10. The minimum atomic E-state index is -0.0160. The van der Waals surface area contributed by atoms with Gasteiger partial charge in [-0.15, -0.1) is 0 Å². The summed E-state index contributed by atoms with van der Waals surface area (Å²) in [7, 11) is 1.84. The fourth-order valence-electron chi connectivity index (χ4n) is 2.67. The van der Waals surface area contributed by atoms with E-state index in [1.807, 2.05) is 37.4 Å². The van der Waals surface area contributed by atoms with Crippen LogP contribution in [0.15, 0.2) is 30.3 Å². The molecular formula is C15H22N2O. The van der Waals surface area contributed by atoms with Crippen molar-refractivity contribution in [2.24, 2.45) is 11.7 Å². The number of rotatable bonds is 2. The van der Waals surface area contributed by atoms with Crippen molar-refractivity contribution in [2.45, 2.75) is 38.1 Å². The summed E-state index contributed by atoms with van der Waals surface area (Å²) in [5.74, 6) is 0.147. The molecule has 0 heterocycles. The van der Waals surface area contributed by atoms with E-state index in [0.29, 0.717) is 0 Å². The number of para-hydroxylation sites is 1. The first-order chi connectivity index (χ1) is 8.70. The predicted octanol–water partition coefficient (Wildman–Crippen LogP) is 2.56. The van der Waals surface area contributed by atoms with Crippen LogP contribution < -0.4 is 10.6 Å². The SMILES string of the molecule is CN(C(=O)C1CCCCCC1N)c1ccccc1. The molecule has 2 atom stereocenters. The molecule has 0 radical (unpaired) electrons. The molecule has 0 aromatic heterocycles. The van der Waals surface area contributed by atoms with Crippen molar-refractivity contribution in [1.29, 1.82) is 0 Å². The largest absolute Gasteiger partial charge is 0.327 e. The number of amides is 1. The molecule has 18 heavy (non-hydrogen) atoms. The maximum absolute atomic E-state index is 12.5. The van der Waals surface area contributed by atoms with Crippen LogP contribution in [0.3, 0.4) is 0 Å². The standard InChI is InChI=1S/C15H22N2O/c1-17(12-8-4-2-5-9-12)15(18)13-10-6-3-7-11-14(13)16/h2,4-5,8-9,13-14H,3,6-7,10-11,16H2,1H3. The van der Waals surface area contributed by atoms with E-state index in [0.717, 1.165) is 31.4 Å². The first-order valence-corrected chi connectivity index (χ1v) is 6.78. The van der Waals surface area contributed by atoms with Crippen molar-refractivity contribution < 1.29 is 4.79 Å². The predicted molar refractivity (Wildman–Crippen MR) is 74.4 cm³/mol. The molecule has 0 bridgehead atoms. The Morgan fingerprint density at radius 3 is 2.56 bits per heavy atom. The molecule has 1 aromatic carbocycles. The van der Waals surface area contributed by atoms with E-state index < -0.39 is 0 Å². The van der Waals surface area contributed by atoms with Gasteiger partial charge in [0, 0.05) is 18.8 Å². The zero-order valence-electron chi connectivity index (χ0n) is 11.0. The highest BCUT2D eigenvalue weighted by Gasteiger charge is 2.29. The summed E-state index contributed by atoms with van der Waals surface area (Å²) in [6, 6.07) is 9.80. The molecule has 1 aliphatic rings. The van der Waals surface area contributed by atoms with Crippen LogP contribution in [0.25, 0.3) is 0 Å². The van der Waals surface area contributed by atoms with Gasteiger partial charge < -0.3 is 10.6 Å². The lowest BCUT2D eigenvalue weighted by atomic mass is 9.94. The van der Waals surface area contributed by atoms with Gasteiger partial charge in [0.15, 0.2) is 0 Å². The highest BCUT2D eigenvalue weighted by Crippen LogP contribution is 2.25. The average Bonchev–Trinajstić information content (AvgIpc) is 2.63. The number of carbonyl (C=O) groups excluding carboxylic acids is 1. The lowest BCUT2D eigenvalue weighted by Gasteiger charge is -2.26. The number of nitrogens with two attached hydrogens (primary N) is 1. The molecule has 1 aromatic rings. The summed E-state index contributed by atoms with van der Waals surface area (Å²) < 4.78 is 0. The molecule has 1 aliphatic carbocycles. The highest BCUT2D eigenvalue weighted by molar-refractivity contribution is 5.94. The van der Waals surface area contributed by atoms with Crippen molar-refractivity contribution in [2.75, 3.05) is 11.9 Å². The van der Waals surface area contributed by atoms with Crippen LogP contribution >= 0.6 is 0 Å². The molecule has 3 nitrogen and oxygen atoms in total. The van der Waals surface area contributed by atoms with Gasteiger partial charge in [-0.05, 0) is 25.0 Å². The Kier molecular flexibility index (Phi) is 4.37. The fourth-order valence-corrected chi connectivity index (χ4v) is 2.67. The molecule has 3 heteroatoms. The number of nitrogens with zero attached hydrogens (tertiary/aromatic N) is 1. The van der Waals surface area contributed by atoms with Crippen LogP contribution in [-0.2, 0) is 4.79 Å². The Hall–Kier alpha value is -1.35. The summed E-state index contributed by atoms with van der Waals surface area (Å²) in [6.07, 6.45) is 5.37. The van der Waals surface area contributed by atoms with Crippen LogP contribution in [0.2, 0.25) is 0 Å². The van der Waals surface area contributed by atoms with Gasteiger partial charge in [-0.2, -0.15) is 0 Å². The molecule has 2 rings (SSSR count). The zero-order chi connectivity index (χ0) is 13.0. The minimum absolute atomic E-state index is 0.0160. The molecule has 2 unspecified atom stereocenters. The summed E-state index contributed by atoms with van der Waals surface area (Å²) in [5.41, 5.74) is 7.09. The van der Waals surface area contributed by atoms with Crippen molar-refractivity contribution in [3.05, 3.63) is 30.3 Å². The number of carbonyl (C=O) groups is 1. The highest BCUT2D eigenvalue weighted by atomic mass is 16.2. The Morgan fingerprint density at radius 2 is 1.83 bits per heavy atom. The van der Waals surface area contributed by atoms with Gasteiger partial charge in [0.25, 0.3) is 0 Å². The molecule has 1 saturated carbocycles. The lowest BCUT2D eigenvalue weighted by molar-refractivity contribution is -0.122. The van der Waals surface area contributed by atoms with Crippen LogP contribution in [0.1, 0.15) is 32.1 Å². The average molecular weight is 246 g/mol. The maximum Gasteiger partial charge on any atom is 0.231 e. The van der Waals surface area contributed by atoms with Crippen LogP contribution in [0, 0.1) is 5.92 Å². The molecule has 2 N–H and O–H groups in total. The number of hydrogen-bond acceptors (Lipinski definition) is 2. The molecule has 0 spiro atoms. The number of anilines is 1. The van der Waals surface area contributed by atoms with Crippen molar-refractivity contribution >= 4 is 11.6 Å². The second-order valence-corrected chi connectivity index (χ2v) is 5.14. The quantitative estimate of drug-likeness (QED) is 0.815. The summed E-state index contributed by atoms with van der Waals surface area (Å²) in [6.45, 7) is 0. The van der Waals surface area contributed by atoms with E-state index in [-0.39, 0.29) is 17.9 Å². The van der Waals surface area contributed by atoms with E-state index >= 15 is 0 Å². The Morgan fingerprint density at radius 1 is 1.17 bits per heavy atom. The van der Waals surface area contributed by atoms with Gasteiger partial charge in [0.2, 0.25) is 5.91 Å².